The van der Waals surface area contributed by atoms with E-state index >= 15 is 0 Å². The van der Waals surface area contributed by atoms with Crippen LogP contribution >= 0.6 is 0 Å². The Morgan fingerprint density at radius 1 is 1.05 bits per heavy atom. The molecule has 1 saturated carbocycles. The highest BCUT2D eigenvalue weighted by Crippen LogP contribution is 2.30. The average molecular weight is 275 g/mol. The zero-order valence-electron chi connectivity index (χ0n) is 12.0. The molecule has 0 amide bonds. The summed E-state index contributed by atoms with van der Waals surface area (Å²) < 4.78 is 0. The lowest BCUT2D eigenvalue weighted by Gasteiger charge is -2.35. The van der Waals surface area contributed by atoms with Crippen LogP contribution in [0.1, 0.15) is 24.5 Å². The number of benzene rings is 1. The number of aliphatic hydroxyl groups is 1. The number of aliphatic hydroxyl groups excluding tert-OH is 1. The van der Waals surface area contributed by atoms with Crippen LogP contribution in [0.4, 0.5) is 5.69 Å². The maximum Gasteiger partial charge on any atom is 0.0916 e. The highest BCUT2D eigenvalue weighted by atomic mass is 16.3. The molecule has 1 aromatic rings. The number of rotatable bonds is 5. The van der Waals surface area contributed by atoms with Crippen LogP contribution < -0.4 is 5.73 Å². The van der Waals surface area contributed by atoms with Gasteiger partial charge in [-0.1, -0.05) is 12.1 Å². The topological polar surface area (TPSA) is 52.7 Å². The summed E-state index contributed by atoms with van der Waals surface area (Å²) in [5.74, 6) is 0.974. The smallest absolute Gasteiger partial charge is 0.0916 e. The van der Waals surface area contributed by atoms with Crippen LogP contribution in [0, 0.1) is 5.92 Å². The minimum absolute atomic E-state index is 0.411. The van der Waals surface area contributed by atoms with Crippen molar-refractivity contribution in [1.82, 2.24) is 9.80 Å². The SMILES string of the molecule is Nc1ccc(C(O)CN2CCN(CC3CC3)CC2)cc1. The zero-order chi connectivity index (χ0) is 13.9. The minimum Gasteiger partial charge on any atom is -0.399 e. The van der Waals surface area contributed by atoms with Gasteiger partial charge >= 0.3 is 0 Å². The molecule has 1 saturated heterocycles. The molecule has 1 heterocycles. The van der Waals surface area contributed by atoms with Crippen molar-refractivity contribution in [2.24, 2.45) is 5.92 Å². The number of piperazine rings is 1. The number of nitrogen functional groups attached to an aromatic ring is 1. The molecule has 4 heteroatoms. The lowest BCUT2D eigenvalue weighted by Crippen LogP contribution is -2.47. The van der Waals surface area contributed by atoms with Crippen molar-refractivity contribution in [1.29, 1.82) is 0 Å². The Balaban J connectivity index is 1.45. The van der Waals surface area contributed by atoms with Crippen LogP contribution in [0.25, 0.3) is 0 Å². The average Bonchev–Trinajstić information content (AvgIpc) is 3.26. The molecule has 0 aromatic heterocycles. The maximum absolute atomic E-state index is 10.3. The van der Waals surface area contributed by atoms with Crippen molar-refractivity contribution in [3.05, 3.63) is 29.8 Å². The van der Waals surface area contributed by atoms with Gasteiger partial charge in [-0.15, -0.1) is 0 Å². The van der Waals surface area contributed by atoms with Gasteiger partial charge in [0, 0.05) is 45.0 Å². The van der Waals surface area contributed by atoms with Gasteiger partial charge in [0.1, 0.15) is 0 Å². The van der Waals surface area contributed by atoms with E-state index in [0.717, 1.165) is 49.9 Å². The normalized spacial score (nSPS) is 22.9. The first-order chi connectivity index (χ1) is 9.70. The first kappa shape index (κ1) is 13.9. The molecular weight excluding hydrogens is 250 g/mol. The van der Waals surface area contributed by atoms with Crippen molar-refractivity contribution >= 4 is 5.69 Å². The van der Waals surface area contributed by atoms with Crippen LogP contribution in [0.2, 0.25) is 0 Å². The third-order valence-corrected chi connectivity index (χ3v) is 4.43. The molecule has 2 fully saturated rings. The summed E-state index contributed by atoms with van der Waals surface area (Å²) in [6.45, 7) is 6.43. The molecule has 3 rings (SSSR count). The highest BCUT2D eigenvalue weighted by Gasteiger charge is 2.26. The fourth-order valence-corrected chi connectivity index (χ4v) is 2.89. The Morgan fingerprint density at radius 2 is 1.65 bits per heavy atom. The van der Waals surface area contributed by atoms with Crippen LogP contribution in [-0.4, -0.2) is 54.2 Å². The number of hydrogen-bond donors (Lipinski definition) is 2. The number of β-amino-alcohol motifs (C(OH)–C–C–N with tert-alkyl or cyclic N) is 1. The van der Waals surface area contributed by atoms with Gasteiger partial charge < -0.3 is 15.7 Å². The maximum atomic E-state index is 10.3. The summed E-state index contributed by atoms with van der Waals surface area (Å²) in [5.41, 5.74) is 7.38. The molecule has 1 aliphatic heterocycles. The molecule has 1 aliphatic carbocycles. The summed E-state index contributed by atoms with van der Waals surface area (Å²) in [7, 11) is 0. The number of nitrogens with zero attached hydrogens (tertiary/aromatic N) is 2. The molecule has 0 radical (unpaired) electrons. The molecule has 1 atom stereocenters. The van der Waals surface area contributed by atoms with Crippen LogP contribution in [0.5, 0.6) is 0 Å². The van der Waals surface area contributed by atoms with E-state index in [1.54, 1.807) is 0 Å². The molecule has 1 unspecified atom stereocenters. The first-order valence-corrected chi connectivity index (χ1v) is 7.69. The standard InChI is InChI=1S/C16H25N3O/c17-15-5-3-14(4-6-15)16(20)12-19-9-7-18(8-10-19)11-13-1-2-13/h3-6,13,16,20H,1-2,7-12,17H2. The zero-order valence-corrected chi connectivity index (χ0v) is 12.0. The van der Waals surface area contributed by atoms with Gasteiger partial charge in [-0.25, -0.2) is 0 Å². The van der Waals surface area contributed by atoms with Crippen LogP contribution in [-0.2, 0) is 0 Å². The third kappa shape index (κ3) is 3.72. The molecule has 110 valence electrons. The summed E-state index contributed by atoms with van der Waals surface area (Å²) >= 11 is 0. The molecule has 1 aromatic carbocycles. The summed E-state index contributed by atoms with van der Waals surface area (Å²) in [4.78, 5) is 4.94. The molecular formula is C16H25N3O. The Morgan fingerprint density at radius 3 is 2.25 bits per heavy atom. The highest BCUT2D eigenvalue weighted by molar-refractivity contribution is 5.39. The van der Waals surface area contributed by atoms with E-state index in [2.05, 4.69) is 9.80 Å². The Hall–Kier alpha value is -1.10. The molecule has 0 spiro atoms. The van der Waals surface area contributed by atoms with Crippen LogP contribution in [0.15, 0.2) is 24.3 Å². The monoisotopic (exact) mass is 275 g/mol. The van der Waals surface area contributed by atoms with E-state index in [1.807, 2.05) is 24.3 Å². The van der Waals surface area contributed by atoms with E-state index < -0.39 is 6.10 Å². The Kier molecular flexibility index (Phi) is 4.24. The van der Waals surface area contributed by atoms with Gasteiger partial charge in [0.2, 0.25) is 0 Å². The molecule has 3 N–H and O–H groups in total. The summed E-state index contributed by atoms with van der Waals surface area (Å²) in [6.07, 6.45) is 2.44. The second kappa shape index (κ2) is 6.12. The van der Waals surface area contributed by atoms with E-state index in [4.69, 9.17) is 5.73 Å². The van der Waals surface area contributed by atoms with Crippen molar-refractivity contribution in [2.75, 3.05) is 45.0 Å². The van der Waals surface area contributed by atoms with Crippen LogP contribution in [0.3, 0.4) is 0 Å². The van der Waals surface area contributed by atoms with E-state index in [-0.39, 0.29) is 0 Å². The lowest BCUT2D eigenvalue weighted by molar-refractivity contribution is 0.0710. The van der Waals surface area contributed by atoms with Gasteiger partial charge in [-0.3, -0.25) is 4.90 Å². The minimum atomic E-state index is -0.411. The molecule has 2 aliphatic rings. The first-order valence-electron chi connectivity index (χ1n) is 7.69. The van der Waals surface area contributed by atoms with Gasteiger partial charge in [-0.05, 0) is 36.5 Å². The van der Waals surface area contributed by atoms with Crippen molar-refractivity contribution in [3.8, 4) is 0 Å². The molecule has 4 nitrogen and oxygen atoms in total. The number of anilines is 1. The quantitative estimate of drug-likeness (QED) is 0.796. The largest absolute Gasteiger partial charge is 0.399 e. The summed E-state index contributed by atoms with van der Waals surface area (Å²) in [6, 6.07) is 7.55. The predicted molar refractivity (Wildman–Crippen MR) is 81.4 cm³/mol. The number of hydrogen-bond acceptors (Lipinski definition) is 4. The fraction of sp³-hybridized carbons (Fsp3) is 0.625. The molecule has 0 bridgehead atoms. The van der Waals surface area contributed by atoms with Gasteiger partial charge in [0.25, 0.3) is 0 Å². The van der Waals surface area contributed by atoms with E-state index in [1.165, 1.54) is 19.4 Å². The Labute approximate surface area is 121 Å². The van der Waals surface area contributed by atoms with Crippen molar-refractivity contribution in [2.45, 2.75) is 18.9 Å². The van der Waals surface area contributed by atoms with Crippen molar-refractivity contribution in [3.63, 3.8) is 0 Å². The van der Waals surface area contributed by atoms with E-state index in [9.17, 15) is 5.11 Å². The number of nitrogens with two attached hydrogens (primary N) is 1. The van der Waals surface area contributed by atoms with Crippen molar-refractivity contribution < 1.29 is 5.11 Å². The van der Waals surface area contributed by atoms with Gasteiger partial charge in [0.15, 0.2) is 0 Å². The predicted octanol–water partition coefficient (Wildman–Crippen LogP) is 1.33. The third-order valence-electron chi connectivity index (χ3n) is 4.43. The second-order valence-electron chi connectivity index (χ2n) is 6.23. The Bertz CT molecular complexity index is 422. The van der Waals surface area contributed by atoms with E-state index in [0.29, 0.717) is 0 Å². The van der Waals surface area contributed by atoms with Gasteiger partial charge in [0.05, 0.1) is 6.10 Å². The summed E-state index contributed by atoms with van der Waals surface area (Å²) in [5, 5.41) is 10.3. The second-order valence-corrected chi connectivity index (χ2v) is 6.23. The lowest BCUT2D eigenvalue weighted by atomic mass is 10.1. The van der Waals surface area contributed by atoms with Gasteiger partial charge in [-0.2, -0.15) is 0 Å². The fourth-order valence-electron chi connectivity index (χ4n) is 2.89. The molecule has 20 heavy (non-hydrogen) atoms.